The number of hydrogen-bond acceptors (Lipinski definition) is 1. The largest absolute Gasteiger partial charge is 0.393 e. The van der Waals surface area contributed by atoms with Gasteiger partial charge in [0.25, 0.3) is 0 Å². The third-order valence-electron chi connectivity index (χ3n) is 3.72. The molecule has 1 aliphatic rings. The Balaban J connectivity index is 2.11. The lowest BCUT2D eigenvalue weighted by molar-refractivity contribution is 0.0515. The Morgan fingerprint density at radius 2 is 2.18 bits per heavy atom. The molecule has 0 radical (unpaired) electrons. The standard InChI is InChI=1S/C14H18ClFO/c1-9-5-6-13(17)11(7-9)8-10-3-2-4-12(15)14(10)16/h2-4,9,11,13,17H,5-8H2,1H3. The van der Waals surface area contributed by atoms with E-state index in [0.29, 0.717) is 17.9 Å². The zero-order valence-electron chi connectivity index (χ0n) is 10.00. The molecule has 1 aromatic carbocycles. The van der Waals surface area contributed by atoms with Crippen molar-refractivity contribution in [3.05, 3.63) is 34.6 Å². The molecule has 0 saturated heterocycles. The van der Waals surface area contributed by atoms with Crippen molar-refractivity contribution in [2.45, 2.75) is 38.7 Å². The van der Waals surface area contributed by atoms with E-state index in [1.165, 1.54) is 0 Å². The van der Waals surface area contributed by atoms with Crippen molar-refractivity contribution in [2.24, 2.45) is 11.8 Å². The van der Waals surface area contributed by atoms with E-state index in [9.17, 15) is 9.50 Å². The molecule has 0 heterocycles. The van der Waals surface area contributed by atoms with Crippen LogP contribution in [-0.4, -0.2) is 11.2 Å². The van der Waals surface area contributed by atoms with E-state index in [2.05, 4.69) is 6.92 Å². The van der Waals surface area contributed by atoms with Crippen LogP contribution in [0.15, 0.2) is 18.2 Å². The van der Waals surface area contributed by atoms with Crippen molar-refractivity contribution in [1.82, 2.24) is 0 Å². The zero-order chi connectivity index (χ0) is 12.4. The molecule has 1 fully saturated rings. The molecule has 3 heteroatoms. The van der Waals surface area contributed by atoms with E-state index in [4.69, 9.17) is 11.6 Å². The number of aliphatic hydroxyl groups excluding tert-OH is 1. The molecule has 1 saturated carbocycles. The fourth-order valence-electron chi connectivity index (χ4n) is 2.69. The summed E-state index contributed by atoms with van der Waals surface area (Å²) in [4.78, 5) is 0. The maximum atomic E-state index is 13.8. The minimum atomic E-state index is -0.334. The maximum absolute atomic E-state index is 13.8. The maximum Gasteiger partial charge on any atom is 0.144 e. The van der Waals surface area contributed by atoms with Gasteiger partial charge in [0.2, 0.25) is 0 Å². The highest BCUT2D eigenvalue weighted by atomic mass is 35.5. The molecule has 3 unspecified atom stereocenters. The number of hydrogen-bond donors (Lipinski definition) is 1. The van der Waals surface area contributed by atoms with Gasteiger partial charge in [0.1, 0.15) is 5.82 Å². The van der Waals surface area contributed by atoms with E-state index in [1.54, 1.807) is 18.2 Å². The summed E-state index contributed by atoms with van der Waals surface area (Å²) in [7, 11) is 0. The highest BCUT2D eigenvalue weighted by Gasteiger charge is 2.27. The SMILES string of the molecule is CC1CCC(O)C(Cc2cccc(Cl)c2F)C1. The van der Waals surface area contributed by atoms with Crippen LogP contribution in [0.5, 0.6) is 0 Å². The fourth-order valence-corrected chi connectivity index (χ4v) is 2.88. The summed E-state index contributed by atoms with van der Waals surface area (Å²) in [5.41, 5.74) is 0.621. The summed E-state index contributed by atoms with van der Waals surface area (Å²) in [6, 6.07) is 5.08. The number of benzene rings is 1. The molecule has 0 amide bonds. The lowest BCUT2D eigenvalue weighted by Crippen LogP contribution is -2.29. The van der Waals surface area contributed by atoms with Crippen LogP contribution in [-0.2, 0) is 6.42 Å². The predicted octanol–water partition coefficient (Wildman–Crippen LogP) is 3.82. The van der Waals surface area contributed by atoms with E-state index in [0.717, 1.165) is 19.3 Å². The average Bonchev–Trinajstić information content (AvgIpc) is 2.30. The Labute approximate surface area is 107 Å². The van der Waals surface area contributed by atoms with E-state index >= 15 is 0 Å². The molecule has 0 bridgehead atoms. The summed E-state index contributed by atoms with van der Waals surface area (Å²) >= 11 is 5.76. The van der Waals surface area contributed by atoms with Crippen LogP contribution in [0.2, 0.25) is 5.02 Å². The van der Waals surface area contributed by atoms with Gasteiger partial charge in [-0.1, -0.05) is 30.7 Å². The zero-order valence-corrected chi connectivity index (χ0v) is 10.8. The Morgan fingerprint density at radius 1 is 1.41 bits per heavy atom. The molecule has 1 aliphatic carbocycles. The van der Waals surface area contributed by atoms with Crippen LogP contribution in [0, 0.1) is 17.7 Å². The normalized spacial score (nSPS) is 29.3. The molecule has 17 heavy (non-hydrogen) atoms. The minimum Gasteiger partial charge on any atom is -0.393 e. The van der Waals surface area contributed by atoms with Crippen molar-refractivity contribution in [3.63, 3.8) is 0 Å². The van der Waals surface area contributed by atoms with E-state index in [-0.39, 0.29) is 22.9 Å². The van der Waals surface area contributed by atoms with Crippen molar-refractivity contribution in [2.75, 3.05) is 0 Å². The fraction of sp³-hybridized carbons (Fsp3) is 0.571. The van der Waals surface area contributed by atoms with Crippen LogP contribution in [0.25, 0.3) is 0 Å². The lowest BCUT2D eigenvalue weighted by Gasteiger charge is -2.31. The Hall–Kier alpha value is -0.600. The molecule has 0 spiro atoms. The van der Waals surface area contributed by atoms with Gasteiger partial charge in [0.05, 0.1) is 11.1 Å². The molecule has 94 valence electrons. The van der Waals surface area contributed by atoms with Crippen molar-refractivity contribution < 1.29 is 9.50 Å². The van der Waals surface area contributed by atoms with Gasteiger partial charge in [0.15, 0.2) is 0 Å². The van der Waals surface area contributed by atoms with Crippen molar-refractivity contribution >= 4 is 11.6 Å². The second-order valence-electron chi connectivity index (χ2n) is 5.16. The van der Waals surface area contributed by atoms with Gasteiger partial charge in [-0.05, 0) is 49.1 Å². The molecule has 1 N–H and O–H groups in total. The minimum absolute atomic E-state index is 0.159. The Bertz CT molecular complexity index is 394. The first-order chi connectivity index (χ1) is 8.08. The quantitative estimate of drug-likeness (QED) is 0.853. The van der Waals surface area contributed by atoms with Crippen molar-refractivity contribution in [1.29, 1.82) is 0 Å². The monoisotopic (exact) mass is 256 g/mol. The van der Waals surface area contributed by atoms with Crippen LogP contribution >= 0.6 is 11.6 Å². The van der Waals surface area contributed by atoms with Crippen molar-refractivity contribution in [3.8, 4) is 0 Å². The van der Waals surface area contributed by atoms with Gasteiger partial charge < -0.3 is 5.11 Å². The van der Waals surface area contributed by atoms with Gasteiger partial charge in [-0.2, -0.15) is 0 Å². The average molecular weight is 257 g/mol. The first-order valence-electron chi connectivity index (χ1n) is 6.19. The van der Waals surface area contributed by atoms with E-state index in [1.807, 2.05) is 0 Å². The third kappa shape index (κ3) is 2.99. The molecule has 3 atom stereocenters. The number of halogens is 2. The molecule has 2 rings (SSSR count). The van der Waals surface area contributed by atoms with Crippen LogP contribution in [0.3, 0.4) is 0 Å². The number of aliphatic hydroxyl groups is 1. The molecule has 0 aromatic heterocycles. The van der Waals surface area contributed by atoms with Gasteiger partial charge in [0, 0.05) is 0 Å². The summed E-state index contributed by atoms with van der Waals surface area (Å²) in [6.45, 7) is 2.19. The van der Waals surface area contributed by atoms with Gasteiger partial charge in [-0.15, -0.1) is 0 Å². The van der Waals surface area contributed by atoms with Crippen LogP contribution < -0.4 is 0 Å². The summed E-state index contributed by atoms with van der Waals surface area (Å²) in [5, 5.41) is 10.1. The van der Waals surface area contributed by atoms with E-state index < -0.39 is 0 Å². The first-order valence-corrected chi connectivity index (χ1v) is 6.56. The van der Waals surface area contributed by atoms with Crippen LogP contribution in [0.1, 0.15) is 31.7 Å². The van der Waals surface area contributed by atoms with Crippen LogP contribution in [0.4, 0.5) is 4.39 Å². The topological polar surface area (TPSA) is 20.2 Å². The highest BCUT2D eigenvalue weighted by molar-refractivity contribution is 6.30. The predicted molar refractivity (Wildman–Crippen MR) is 67.6 cm³/mol. The Kier molecular flexibility index (Phi) is 4.05. The number of rotatable bonds is 2. The van der Waals surface area contributed by atoms with Gasteiger partial charge in [-0.25, -0.2) is 4.39 Å². The molecular weight excluding hydrogens is 239 g/mol. The second kappa shape index (κ2) is 5.36. The van der Waals surface area contributed by atoms with Gasteiger partial charge >= 0.3 is 0 Å². The molecule has 1 aromatic rings. The Morgan fingerprint density at radius 3 is 2.94 bits per heavy atom. The molecule has 1 nitrogen and oxygen atoms in total. The smallest absolute Gasteiger partial charge is 0.144 e. The third-order valence-corrected chi connectivity index (χ3v) is 4.01. The second-order valence-corrected chi connectivity index (χ2v) is 5.57. The first kappa shape index (κ1) is 12.8. The molecule has 0 aliphatic heterocycles. The lowest BCUT2D eigenvalue weighted by atomic mass is 9.77. The highest BCUT2D eigenvalue weighted by Crippen LogP contribution is 2.32. The summed E-state index contributed by atoms with van der Waals surface area (Å²) in [6.07, 6.45) is 3.14. The molecular formula is C14H18ClFO. The summed E-state index contributed by atoms with van der Waals surface area (Å²) < 4.78 is 13.8. The van der Waals surface area contributed by atoms with Gasteiger partial charge in [-0.3, -0.25) is 0 Å². The summed E-state index contributed by atoms with van der Waals surface area (Å²) in [5.74, 6) is 0.442.